The molecule has 1 amide bonds. The van der Waals surface area contributed by atoms with E-state index in [9.17, 15) is 26.7 Å². The number of hydrogen-bond acceptors (Lipinski definition) is 7. The molecule has 1 fully saturated rings. The number of carbonyl (C=O) groups excluding carboxylic acids is 1. The van der Waals surface area contributed by atoms with Crippen LogP contribution in [0.1, 0.15) is 33.6 Å². The molecule has 1 saturated heterocycles. The molecule has 0 aromatic heterocycles. The molecule has 0 aliphatic carbocycles. The highest BCUT2D eigenvalue weighted by Gasteiger charge is 2.46. The van der Waals surface area contributed by atoms with E-state index < -0.39 is 54.7 Å². The second kappa shape index (κ2) is 13.3. The van der Waals surface area contributed by atoms with E-state index in [1.165, 1.54) is 25.6 Å². The number of likely N-dealkylation sites (tertiary alicyclic amines) is 1. The van der Waals surface area contributed by atoms with Crippen molar-refractivity contribution in [1.29, 1.82) is 0 Å². The molecule has 0 bridgehead atoms. The number of allylic oxidation sites excluding steroid dienone is 4. The highest BCUT2D eigenvalue weighted by Crippen LogP contribution is 2.35. The number of piperidine rings is 1. The van der Waals surface area contributed by atoms with Gasteiger partial charge in [-0.2, -0.15) is 13.2 Å². The van der Waals surface area contributed by atoms with Crippen LogP contribution in [-0.2, 0) is 4.79 Å². The number of rotatable bonds is 9. The summed E-state index contributed by atoms with van der Waals surface area (Å²) in [7, 11) is 1.48. The molecule has 13 heteroatoms. The van der Waals surface area contributed by atoms with Gasteiger partial charge in [-0.05, 0) is 37.6 Å². The number of alkyl halides is 5. The number of nitrogens with one attached hydrogen (secondary N) is 2. The lowest BCUT2D eigenvalue weighted by Crippen LogP contribution is -2.59. The summed E-state index contributed by atoms with van der Waals surface area (Å²) in [4.78, 5) is 26.5. The summed E-state index contributed by atoms with van der Waals surface area (Å²) in [5.74, 6) is -4.53. The summed E-state index contributed by atoms with van der Waals surface area (Å²) in [6.45, 7) is 3.82. The highest BCUT2D eigenvalue weighted by molar-refractivity contribution is 6.00. The van der Waals surface area contributed by atoms with Gasteiger partial charge in [0.15, 0.2) is 0 Å². The molecule has 0 aromatic carbocycles. The van der Waals surface area contributed by atoms with Gasteiger partial charge in [0, 0.05) is 44.2 Å². The minimum absolute atomic E-state index is 0.0358. The molecule has 0 aromatic rings. The highest BCUT2D eigenvalue weighted by atomic mass is 19.4. The monoisotopic (exact) mass is 543 g/mol. The van der Waals surface area contributed by atoms with Crippen LogP contribution < -0.4 is 16.4 Å². The molecule has 0 spiro atoms. The van der Waals surface area contributed by atoms with Crippen LogP contribution in [0.15, 0.2) is 62.1 Å². The van der Waals surface area contributed by atoms with Crippen LogP contribution in [0.5, 0.6) is 0 Å². The Morgan fingerprint density at radius 3 is 2.61 bits per heavy atom. The summed E-state index contributed by atoms with van der Waals surface area (Å²) in [5.41, 5.74) is 5.20. The average Bonchev–Trinajstić information content (AvgIpc) is 2.85. The van der Waals surface area contributed by atoms with E-state index in [1.807, 2.05) is 0 Å². The third kappa shape index (κ3) is 8.25. The summed E-state index contributed by atoms with van der Waals surface area (Å²) < 4.78 is 68.7. The van der Waals surface area contributed by atoms with E-state index in [0.717, 1.165) is 11.0 Å². The summed E-state index contributed by atoms with van der Waals surface area (Å²) in [6.07, 6.45) is 3.66. The molecule has 210 valence electrons. The lowest BCUT2D eigenvalue weighted by Gasteiger charge is -2.43. The van der Waals surface area contributed by atoms with E-state index in [2.05, 4.69) is 25.6 Å². The normalized spacial score (nSPS) is 25.1. The standard InChI is InChI=1S/C25H34F5N7O/c1-5-8-17(25(28,29)30)12-35-20(6-2)36-14-19-16(3)11-24(26,27)15-37(19)23(38)21(31)18(13-32-4)22-33-9-7-10-34-22/h6-10,12-13,16,19,22,33,36H,5,11,14-15,31H2,1-4H3/b17-8+,20-6+,21-18?,32-13?,35-12-. The molecule has 2 rings (SSSR count). The molecule has 4 N–H and O–H groups in total. The van der Waals surface area contributed by atoms with E-state index in [0.29, 0.717) is 6.21 Å². The SMILES string of the molecule is C\C=C(/N=C\C(=C/CC)C(F)(F)F)NCC1C(C)CC(F)(F)CN1C(=O)C(N)=C(C=NC)C1N=CC=CN1. The topological polar surface area (TPSA) is 107 Å². The first-order chi connectivity index (χ1) is 17.8. The lowest BCUT2D eigenvalue weighted by molar-refractivity contribution is -0.148. The molecule has 2 aliphatic rings. The fourth-order valence-electron chi connectivity index (χ4n) is 4.15. The molecule has 8 nitrogen and oxygen atoms in total. The van der Waals surface area contributed by atoms with Crippen molar-refractivity contribution in [1.82, 2.24) is 15.5 Å². The third-order valence-corrected chi connectivity index (χ3v) is 5.98. The Morgan fingerprint density at radius 1 is 1.34 bits per heavy atom. The van der Waals surface area contributed by atoms with Crippen LogP contribution >= 0.6 is 0 Å². The molecule has 0 saturated carbocycles. The maximum atomic E-state index is 14.6. The summed E-state index contributed by atoms with van der Waals surface area (Å²) >= 11 is 0. The van der Waals surface area contributed by atoms with E-state index in [4.69, 9.17) is 5.73 Å². The van der Waals surface area contributed by atoms with Gasteiger partial charge < -0.3 is 21.3 Å². The number of carbonyl (C=O) groups is 1. The number of aliphatic imine (C=N–C) groups is 3. The van der Waals surface area contributed by atoms with Crippen molar-refractivity contribution in [3.8, 4) is 0 Å². The van der Waals surface area contributed by atoms with Crippen LogP contribution in [0.25, 0.3) is 0 Å². The molecule has 0 radical (unpaired) electrons. The zero-order chi connectivity index (χ0) is 28.5. The molecular formula is C25H34F5N7O. The second-order valence-electron chi connectivity index (χ2n) is 8.90. The van der Waals surface area contributed by atoms with E-state index in [1.54, 1.807) is 33.0 Å². The van der Waals surface area contributed by atoms with Gasteiger partial charge >= 0.3 is 6.18 Å². The van der Waals surface area contributed by atoms with Gasteiger partial charge in [0.1, 0.15) is 17.7 Å². The molecule has 2 aliphatic heterocycles. The third-order valence-electron chi connectivity index (χ3n) is 5.98. The molecular weight excluding hydrogens is 509 g/mol. The quantitative estimate of drug-likeness (QED) is 0.234. The van der Waals surface area contributed by atoms with Crippen molar-refractivity contribution in [3.63, 3.8) is 0 Å². The van der Waals surface area contributed by atoms with Gasteiger partial charge in [-0.3, -0.25) is 14.8 Å². The number of nitrogens with zero attached hydrogens (tertiary/aromatic N) is 4. The predicted octanol–water partition coefficient (Wildman–Crippen LogP) is 3.71. The van der Waals surface area contributed by atoms with Gasteiger partial charge in [-0.25, -0.2) is 13.8 Å². The molecule has 38 heavy (non-hydrogen) atoms. The van der Waals surface area contributed by atoms with Crippen LogP contribution in [0, 0.1) is 5.92 Å². The smallest absolute Gasteiger partial charge is 0.394 e. The Balaban J connectivity index is 2.32. The fraction of sp³-hybridized carbons (Fsp3) is 0.520. The molecule has 3 unspecified atom stereocenters. The Bertz CT molecular complexity index is 1060. The van der Waals surface area contributed by atoms with Gasteiger partial charge in [0.2, 0.25) is 0 Å². The van der Waals surface area contributed by atoms with Gasteiger partial charge in [-0.1, -0.05) is 19.9 Å². The zero-order valence-electron chi connectivity index (χ0n) is 21.8. The zero-order valence-corrected chi connectivity index (χ0v) is 21.8. The van der Waals surface area contributed by atoms with Crippen LogP contribution in [0.2, 0.25) is 0 Å². The van der Waals surface area contributed by atoms with E-state index >= 15 is 0 Å². The van der Waals surface area contributed by atoms with Gasteiger partial charge in [0.05, 0.1) is 18.2 Å². The summed E-state index contributed by atoms with van der Waals surface area (Å²) in [6, 6.07) is -0.748. The largest absolute Gasteiger partial charge is 0.417 e. The first-order valence-corrected chi connectivity index (χ1v) is 12.1. The molecule has 2 heterocycles. The Labute approximate surface area is 219 Å². The number of halogens is 5. The van der Waals surface area contributed by atoms with E-state index in [-0.39, 0.29) is 30.1 Å². The van der Waals surface area contributed by atoms with Crippen molar-refractivity contribution in [2.24, 2.45) is 26.6 Å². The number of hydrogen-bond donors (Lipinski definition) is 3. The fourth-order valence-corrected chi connectivity index (χ4v) is 4.15. The average molecular weight is 544 g/mol. The Kier molecular flexibility index (Phi) is 10.8. The number of amides is 1. The molecule has 3 atom stereocenters. The Hall–Kier alpha value is -3.51. The minimum atomic E-state index is -4.57. The number of nitrogens with two attached hydrogens (primary N) is 1. The maximum Gasteiger partial charge on any atom is 0.417 e. The Morgan fingerprint density at radius 2 is 2.05 bits per heavy atom. The van der Waals surface area contributed by atoms with Crippen molar-refractivity contribution in [2.75, 3.05) is 20.1 Å². The van der Waals surface area contributed by atoms with Crippen molar-refractivity contribution in [3.05, 3.63) is 47.1 Å². The van der Waals surface area contributed by atoms with Crippen molar-refractivity contribution >= 4 is 24.6 Å². The maximum absolute atomic E-state index is 14.6. The van der Waals surface area contributed by atoms with Crippen molar-refractivity contribution < 1.29 is 26.7 Å². The first-order valence-electron chi connectivity index (χ1n) is 12.1. The summed E-state index contributed by atoms with van der Waals surface area (Å²) in [5, 5.41) is 5.81. The minimum Gasteiger partial charge on any atom is -0.394 e. The first kappa shape index (κ1) is 30.7. The van der Waals surface area contributed by atoms with Gasteiger partial charge in [-0.15, -0.1) is 0 Å². The van der Waals surface area contributed by atoms with Crippen LogP contribution in [0.4, 0.5) is 22.0 Å². The van der Waals surface area contributed by atoms with Crippen LogP contribution in [0.3, 0.4) is 0 Å². The van der Waals surface area contributed by atoms with Crippen LogP contribution in [-0.4, -0.2) is 73.9 Å². The van der Waals surface area contributed by atoms with Crippen molar-refractivity contribution in [2.45, 2.75) is 57.9 Å². The predicted molar refractivity (Wildman–Crippen MR) is 139 cm³/mol. The second-order valence-corrected chi connectivity index (χ2v) is 8.90. The lowest BCUT2D eigenvalue weighted by atomic mass is 9.88. The van der Waals surface area contributed by atoms with Gasteiger partial charge in [0.25, 0.3) is 11.8 Å².